The zero-order chi connectivity index (χ0) is 20.4. The molecular formula is C23H26N6. The van der Waals surface area contributed by atoms with Gasteiger partial charge in [0.25, 0.3) is 0 Å². The van der Waals surface area contributed by atoms with Gasteiger partial charge in [0.05, 0.1) is 11.9 Å². The van der Waals surface area contributed by atoms with Gasteiger partial charge in [-0.25, -0.2) is 9.97 Å². The molecule has 0 amide bonds. The molecule has 2 N–H and O–H groups in total. The van der Waals surface area contributed by atoms with Crippen LogP contribution in [0.15, 0.2) is 36.8 Å². The summed E-state index contributed by atoms with van der Waals surface area (Å²) in [7, 11) is 0. The van der Waals surface area contributed by atoms with Crippen molar-refractivity contribution in [3.63, 3.8) is 0 Å². The number of rotatable bonds is 5. The first-order valence-electron chi connectivity index (χ1n) is 10.00. The molecule has 148 valence electrons. The van der Waals surface area contributed by atoms with E-state index >= 15 is 0 Å². The van der Waals surface area contributed by atoms with Crippen molar-refractivity contribution in [3.8, 4) is 23.6 Å². The molecule has 0 radical (unpaired) electrons. The smallest absolute Gasteiger partial charge is 0.227 e. The zero-order valence-electron chi connectivity index (χ0n) is 17.1. The molecule has 3 aromatic rings. The lowest BCUT2D eigenvalue weighted by Crippen LogP contribution is -2.29. The molecule has 0 spiro atoms. The highest BCUT2D eigenvalue weighted by Crippen LogP contribution is 2.29. The van der Waals surface area contributed by atoms with Crippen molar-refractivity contribution >= 4 is 11.6 Å². The van der Waals surface area contributed by atoms with E-state index in [2.05, 4.69) is 58.7 Å². The van der Waals surface area contributed by atoms with Gasteiger partial charge in [0, 0.05) is 42.1 Å². The Hall–Kier alpha value is -3.17. The first-order valence-corrected chi connectivity index (χ1v) is 10.00. The number of nitrogens with one attached hydrogen (secondary N) is 2. The maximum absolute atomic E-state index is 5.52. The van der Waals surface area contributed by atoms with Crippen molar-refractivity contribution in [1.29, 1.82) is 0 Å². The van der Waals surface area contributed by atoms with Crippen molar-refractivity contribution in [2.24, 2.45) is 0 Å². The van der Waals surface area contributed by atoms with Crippen molar-refractivity contribution in [1.82, 2.24) is 25.1 Å². The molecule has 3 heterocycles. The minimum atomic E-state index is 0.234. The van der Waals surface area contributed by atoms with Gasteiger partial charge in [0.15, 0.2) is 0 Å². The van der Waals surface area contributed by atoms with Gasteiger partial charge in [0.1, 0.15) is 0 Å². The number of anilines is 2. The Morgan fingerprint density at radius 2 is 2.21 bits per heavy atom. The van der Waals surface area contributed by atoms with Crippen molar-refractivity contribution < 1.29 is 0 Å². The molecule has 6 nitrogen and oxygen atoms in total. The predicted octanol–water partition coefficient (Wildman–Crippen LogP) is 4.18. The van der Waals surface area contributed by atoms with Crippen molar-refractivity contribution in [2.45, 2.75) is 45.7 Å². The van der Waals surface area contributed by atoms with Crippen LogP contribution in [0, 0.1) is 19.3 Å². The van der Waals surface area contributed by atoms with Gasteiger partial charge >= 0.3 is 0 Å². The maximum atomic E-state index is 5.52. The lowest BCUT2D eigenvalue weighted by molar-refractivity contribution is 0.515. The third kappa shape index (κ3) is 4.01. The second kappa shape index (κ2) is 8.06. The van der Waals surface area contributed by atoms with Gasteiger partial charge in [-0.2, -0.15) is 5.10 Å². The molecule has 2 aromatic heterocycles. The molecule has 1 aliphatic heterocycles. The molecule has 1 aromatic carbocycles. The van der Waals surface area contributed by atoms with Gasteiger partial charge in [-0.05, 0) is 62.6 Å². The summed E-state index contributed by atoms with van der Waals surface area (Å²) in [5, 5.41) is 11.3. The van der Waals surface area contributed by atoms with Crippen LogP contribution in [0.4, 0.5) is 11.6 Å². The monoisotopic (exact) mass is 386 g/mol. The first kappa shape index (κ1) is 19.2. The standard InChI is InChI=1S/C23H26N6/c1-5-6-21-20-8-7-19(11-17(20)9-10-24-21)27-23-25-12-16(4)22(28-23)18-13-26-29(14-18)15(2)3/h1,7-8,11-15,21,24H,6,9-10H2,2-4H3,(H,25,27,28). The fourth-order valence-corrected chi connectivity index (χ4v) is 3.70. The van der Waals surface area contributed by atoms with E-state index in [0.717, 1.165) is 35.5 Å². The fraction of sp³-hybridized carbons (Fsp3) is 0.348. The van der Waals surface area contributed by atoms with Crippen LogP contribution in [0.25, 0.3) is 11.3 Å². The quantitative estimate of drug-likeness (QED) is 0.644. The number of hydrogen-bond acceptors (Lipinski definition) is 5. The van der Waals surface area contributed by atoms with Crippen LogP contribution in [-0.4, -0.2) is 26.3 Å². The van der Waals surface area contributed by atoms with E-state index in [9.17, 15) is 0 Å². The average molecular weight is 387 g/mol. The molecule has 1 unspecified atom stereocenters. The highest BCUT2D eigenvalue weighted by atomic mass is 15.3. The molecule has 29 heavy (non-hydrogen) atoms. The highest BCUT2D eigenvalue weighted by molar-refractivity contribution is 5.64. The molecule has 0 saturated heterocycles. The average Bonchev–Trinajstić information content (AvgIpc) is 3.20. The fourth-order valence-electron chi connectivity index (χ4n) is 3.70. The van der Waals surface area contributed by atoms with Crippen molar-refractivity contribution in [3.05, 3.63) is 53.5 Å². The predicted molar refractivity (Wildman–Crippen MR) is 116 cm³/mol. The molecule has 1 aliphatic rings. The zero-order valence-corrected chi connectivity index (χ0v) is 17.1. The Balaban J connectivity index is 1.59. The van der Waals surface area contributed by atoms with E-state index in [-0.39, 0.29) is 6.04 Å². The van der Waals surface area contributed by atoms with Crippen LogP contribution in [0.2, 0.25) is 0 Å². The lowest BCUT2D eigenvalue weighted by atomic mass is 9.92. The molecular weight excluding hydrogens is 360 g/mol. The summed E-state index contributed by atoms with van der Waals surface area (Å²) < 4.78 is 1.94. The Bertz CT molecular complexity index is 1060. The van der Waals surface area contributed by atoms with Gasteiger partial charge in [-0.15, -0.1) is 12.3 Å². The van der Waals surface area contributed by atoms with E-state index in [4.69, 9.17) is 11.4 Å². The van der Waals surface area contributed by atoms with Crippen LogP contribution < -0.4 is 10.6 Å². The van der Waals surface area contributed by atoms with Crippen LogP contribution >= 0.6 is 0 Å². The normalized spacial score (nSPS) is 15.8. The summed E-state index contributed by atoms with van der Waals surface area (Å²) in [6.07, 6.45) is 12.9. The summed E-state index contributed by atoms with van der Waals surface area (Å²) in [5.74, 6) is 3.34. The van der Waals surface area contributed by atoms with Crippen LogP contribution in [0.5, 0.6) is 0 Å². The van der Waals surface area contributed by atoms with Crippen LogP contribution in [0.3, 0.4) is 0 Å². The van der Waals surface area contributed by atoms with Crippen LogP contribution in [-0.2, 0) is 6.42 Å². The molecule has 0 fully saturated rings. The molecule has 1 atom stereocenters. The Morgan fingerprint density at radius 1 is 1.34 bits per heavy atom. The van der Waals surface area contributed by atoms with E-state index < -0.39 is 0 Å². The number of fused-ring (bicyclic) bond motifs is 1. The molecule has 4 rings (SSSR count). The summed E-state index contributed by atoms with van der Waals surface area (Å²) >= 11 is 0. The number of terminal acetylenes is 1. The SMILES string of the molecule is C#CCC1NCCc2cc(Nc3ncc(C)c(-c4cnn(C(C)C)c4)n3)ccc21. The number of benzene rings is 1. The number of hydrogen-bond donors (Lipinski definition) is 2. The Labute approximate surface area is 171 Å². The van der Waals surface area contributed by atoms with Gasteiger partial charge in [-0.3, -0.25) is 4.68 Å². The highest BCUT2D eigenvalue weighted by Gasteiger charge is 2.19. The van der Waals surface area contributed by atoms with Gasteiger partial charge in [0.2, 0.25) is 5.95 Å². The molecule has 6 heteroatoms. The minimum absolute atomic E-state index is 0.234. The summed E-state index contributed by atoms with van der Waals surface area (Å²) in [5.41, 5.74) is 6.50. The van der Waals surface area contributed by atoms with Crippen LogP contribution in [0.1, 0.15) is 49.0 Å². The second-order valence-electron chi connectivity index (χ2n) is 7.73. The molecule has 0 bridgehead atoms. The number of nitrogens with zero attached hydrogens (tertiary/aromatic N) is 4. The third-order valence-corrected chi connectivity index (χ3v) is 5.26. The maximum Gasteiger partial charge on any atom is 0.227 e. The first-order chi connectivity index (χ1) is 14.0. The van der Waals surface area contributed by atoms with E-state index in [0.29, 0.717) is 18.4 Å². The van der Waals surface area contributed by atoms with E-state index in [1.807, 2.05) is 30.2 Å². The Kier molecular flexibility index (Phi) is 5.32. The molecule has 0 aliphatic carbocycles. The minimum Gasteiger partial charge on any atom is -0.324 e. The third-order valence-electron chi connectivity index (χ3n) is 5.26. The summed E-state index contributed by atoms with van der Waals surface area (Å²) in [4.78, 5) is 9.22. The van der Waals surface area contributed by atoms with Gasteiger partial charge < -0.3 is 10.6 Å². The molecule has 0 saturated carbocycles. The largest absolute Gasteiger partial charge is 0.324 e. The summed E-state index contributed by atoms with van der Waals surface area (Å²) in [6, 6.07) is 6.94. The number of aryl methyl sites for hydroxylation is 1. The van der Waals surface area contributed by atoms with Crippen molar-refractivity contribution in [2.75, 3.05) is 11.9 Å². The topological polar surface area (TPSA) is 67.7 Å². The summed E-state index contributed by atoms with van der Waals surface area (Å²) in [6.45, 7) is 7.17. The second-order valence-corrected chi connectivity index (χ2v) is 7.73. The Morgan fingerprint density at radius 3 is 2.97 bits per heavy atom. The van der Waals surface area contributed by atoms with E-state index in [1.165, 1.54) is 11.1 Å². The lowest BCUT2D eigenvalue weighted by Gasteiger charge is -2.26. The number of aromatic nitrogens is 4. The van der Waals surface area contributed by atoms with Gasteiger partial charge in [-0.1, -0.05) is 6.07 Å². The van der Waals surface area contributed by atoms with E-state index in [1.54, 1.807) is 0 Å².